The lowest BCUT2D eigenvalue weighted by Gasteiger charge is -2.14. The molecule has 3 nitrogen and oxygen atoms in total. The summed E-state index contributed by atoms with van der Waals surface area (Å²) >= 11 is 1.65. The van der Waals surface area contributed by atoms with Crippen LogP contribution in [0.5, 0.6) is 0 Å². The lowest BCUT2D eigenvalue weighted by Crippen LogP contribution is -2.23. The SMILES string of the molecule is CC(C)(C)c1nc(C(C#N)NCC2CC2)cs1. The molecule has 1 aliphatic carbocycles. The molecule has 1 N–H and O–H groups in total. The Kier molecular flexibility index (Phi) is 3.50. The van der Waals surface area contributed by atoms with Gasteiger partial charge in [-0.1, -0.05) is 20.8 Å². The predicted molar refractivity (Wildman–Crippen MR) is 69.9 cm³/mol. The van der Waals surface area contributed by atoms with Crippen LogP contribution in [0.4, 0.5) is 0 Å². The predicted octanol–water partition coefficient (Wildman–Crippen LogP) is 3.00. The zero-order valence-corrected chi connectivity index (χ0v) is 11.5. The topological polar surface area (TPSA) is 48.7 Å². The van der Waals surface area contributed by atoms with E-state index in [9.17, 15) is 5.26 Å². The summed E-state index contributed by atoms with van der Waals surface area (Å²) in [6.07, 6.45) is 2.60. The first kappa shape index (κ1) is 12.5. The highest BCUT2D eigenvalue weighted by Gasteiger charge is 2.25. The van der Waals surface area contributed by atoms with E-state index in [-0.39, 0.29) is 11.5 Å². The Morgan fingerprint density at radius 1 is 1.59 bits per heavy atom. The second-order valence-electron chi connectivity index (χ2n) is 5.74. The van der Waals surface area contributed by atoms with Crippen molar-refractivity contribution >= 4 is 11.3 Å². The quantitative estimate of drug-likeness (QED) is 0.892. The van der Waals surface area contributed by atoms with Crippen molar-refractivity contribution in [2.75, 3.05) is 6.54 Å². The summed E-state index contributed by atoms with van der Waals surface area (Å²) in [5.41, 5.74) is 0.947. The minimum absolute atomic E-state index is 0.0689. The Morgan fingerprint density at radius 3 is 2.76 bits per heavy atom. The molecule has 1 fully saturated rings. The van der Waals surface area contributed by atoms with E-state index in [1.807, 2.05) is 5.38 Å². The highest BCUT2D eigenvalue weighted by molar-refractivity contribution is 7.09. The molecule has 1 aromatic heterocycles. The van der Waals surface area contributed by atoms with Crippen LogP contribution in [0.2, 0.25) is 0 Å². The summed E-state index contributed by atoms with van der Waals surface area (Å²) in [6.45, 7) is 7.39. The normalized spacial score (nSPS) is 17.8. The van der Waals surface area contributed by atoms with Crippen molar-refractivity contribution < 1.29 is 0 Å². The molecule has 0 bridgehead atoms. The van der Waals surface area contributed by atoms with E-state index < -0.39 is 0 Å². The lowest BCUT2D eigenvalue weighted by atomic mass is 9.98. The van der Waals surface area contributed by atoms with Gasteiger partial charge in [-0.15, -0.1) is 11.3 Å². The van der Waals surface area contributed by atoms with Gasteiger partial charge in [0.2, 0.25) is 0 Å². The van der Waals surface area contributed by atoms with Crippen LogP contribution in [0.25, 0.3) is 0 Å². The molecule has 1 aliphatic rings. The van der Waals surface area contributed by atoms with Gasteiger partial charge in [0, 0.05) is 10.8 Å². The van der Waals surface area contributed by atoms with Gasteiger partial charge in [-0.3, -0.25) is 5.32 Å². The maximum absolute atomic E-state index is 9.18. The first-order valence-electron chi connectivity index (χ1n) is 6.09. The van der Waals surface area contributed by atoms with E-state index in [2.05, 4.69) is 37.1 Å². The smallest absolute Gasteiger partial charge is 0.139 e. The fraction of sp³-hybridized carbons (Fsp3) is 0.692. The number of hydrogen-bond acceptors (Lipinski definition) is 4. The molecule has 0 radical (unpaired) electrons. The van der Waals surface area contributed by atoms with Crippen LogP contribution >= 0.6 is 11.3 Å². The molecule has 1 aromatic rings. The maximum Gasteiger partial charge on any atom is 0.139 e. The van der Waals surface area contributed by atoms with Crippen molar-refractivity contribution in [1.29, 1.82) is 5.26 Å². The molecule has 0 saturated heterocycles. The first-order valence-corrected chi connectivity index (χ1v) is 6.97. The second kappa shape index (κ2) is 4.75. The first-order chi connectivity index (χ1) is 8.00. The van der Waals surface area contributed by atoms with Gasteiger partial charge in [-0.25, -0.2) is 4.98 Å². The van der Waals surface area contributed by atoms with Crippen molar-refractivity contribution in [2.45, 2.75) is 45.1 Å². The van der Waals surface area contributed by atoms with Gasteiger partial charge in [-0.05, 0) is 25.3 Å². The summed E-state index contributed by atoms with van der Waals surface area (Å²) in [7, 11) is 0. The van der Waals surface area contributed by atoms with E-state index in [0.29, 0.717) is 0 Å². The Bertz CT molecular complexity index is 421. The zero-order chi connectivity index (χ0) is 12.5. The fourth-order valence-electron chi connectivity index (χ4n) is 1.59. The largest absolute Gasteiger partial charge is 0.297 e. The second-order valence-corrected chi connectivity index (χ2v) is 6.60. The van der Waals surface area contributed by atoms with Gasteiger partial charge in [0.1, 0.15) is 6.04 Å². The summed E-state index contributed by atoms with van der Waals surface area (Å²) < 4.78 is 0. The number of rotatable bonds is 4. The molecule has 0 aromatic carbocycles. The van der Waals surface area contributed by atoms with E-state index in [0.717, 1.165) is 23.2 Å². The summed E-state index contributed by atoms with van der Waals surface area (Å²) in [4.78, 5) is 4.58. The molecule has 1 unspecified atom stereocenters. The third-order valence-corrected chi connectivity index (χ3v) is 4.18. The molecule has 17 heavy (non-hydrogen) atoms. The van der Waals surface area contributed by atoms with Crippen LogP contribution in [0.1, 0.15) is 50.4 Å². The van der Waals surface area contributed by atoms with E-state index >= 15 is 0 Å². The number of thiazole rings is 1. The highest BCUT2D eigenvalue weighted by atomic mass is 32.1. The molecule has 0 aliphatic heterocycles. The molecule has 2 rings (SSSR count). The standard InChI is InChI=1S/C13H19N3S/c1-13(2,3)12-16-11(8-17-12)10(6-14)15-7-9-4-5-9/h8-10,15H,4-5,7H2,1-3H3. The van der Waals surface area contributed by atoms with Gasteiger partial charge in [0.05, 0.1) is 16.8 Å². The monoisotopic (exact) mass is 249 g/mol. The molecule has 0 amide bonds. The average molecular weight is 249 g/mol. The average Bonchev–Trinajstić information content (AvgIpc) is 2.93. The van der Waals surface area contributed by atoms with Crippen LogP contribution in [0.3, 0.4) is 0 Å². The van der Waals surface area contributed by atoms with Crippen LogP contribution < -0.4 is 5.32 Å². The highest BCUT2D eigenvalue weighted by Crippen LogP contribution is 2.30. The molecule has 0 spiro atoms. The van der Waals surface area contributed by atoms with Gasteiger partial charge < -0.3 is 0 Å². The van der Waals surface area contributed by atoms with Crippen molar-refractivity contribution in [2.24, 2.45) is 5.92 Å². The van der Waals surface area contributed by atoms with Gasteiger partial charge in [0.15, 0.2) is 0 Å². The van der Waals surface area contributed by atoms with Crippen LogP contribution in [-0.2, 0) is 5.41 Å². The zero-order valence-electron chi connectivity index (χ0n) is 10.7. The van der Waals surface area contributed by atoms with Crippen molar-refractivity contribution in [3.05, 3.63) is 16.1 Å². The number of nitriles is 1. The fourth-order valence-corrected chi connectivity index (χ4v) is 2.52. The van der Waals surface area contributed by atoms with E-state index in [1.54, 1.807) is 11.3 Å². The molecular weight excluding hydrogens is 230 g/mol. The molecule has 92 valence electrons. The van der Waals surface area contributed by atoms with Crippen molar-refractivity contribution in [3.8, 4) is 6.07 Å². The van der Waals surface area contributed by atoms with Crippen molar-refractivity contribution in [3.63, 3.8) is 0 Å². The molecular formula is C13H19N3S. The van der Waals surface area contributed by atoms with Gasteiger partial charge in [0.25, 0.3) is 0 Å². The molecule has 4 heteroatoms. The maximum atomic E-state index is 9.18. The summed E-state index contributed by atoms with van der Waals surface area (Å²) in [5, 5.41) is 15.6. The Labute approximate surface area is 107 Å². The third kappa shape index (κ3) is 3.27. The van der Waals surface area contributed by atoms with Crippen LogP contribution in [-0.4, -0.2) is 11.5 Å². The number of nitrogens with one attached hydrogen (secondary N) is 1. The van der Waals surface area contributed by atoms with E-state index in [1.165, 1.54) is 12.8 Å². The van der Waals surface area contributed by atoms with Crippen molar-refractivity contribution in [1.82, 2.24) is 10.3 Å². The minimum Gasteiger partial charge on any atom is -0.297 e. The number of aromatic nitrogens is 1. The molecule has 1 atom stereocenters. The summed E-state index contributed by atoms with van der Waals surface area (Å²) in [6, 6.07) is 2.05. The Balaban J connectivity index is 2.03. The van der Waals surface area contributed by atoms with Crippen LogP contribution in [0, 0.1) is 17.2 Å². The minimum atomic E-state index is -0.247. The van der Waals surface area contributed by atoms with Gasteiger partial charge >= 0.3 is 0 Å². The number of hydrogen-bond donors (Lipinski definition) is 1. The van der Waals surface area contributed by atoms with Gasteiger partial charge in [-0.2, -0.15) is 5.26 Å². The van der Waals surface area contributed by atoms with E-state index in [4.69, 9.17) is 0 Å². The Hall–Kier alpha value is -0.920. The Morgan fingerprint density at radius 2 is 2.29 bits per heavy atom. The number of nitrogens with zero attached hydrogens (tertiary/aromatic N) is 2. The van der Waals surface area contributed by atoms with Crippen LogP contribution in [0.15, 0.2) is 5.38 Å². The summed E-state index contributed by atoms with van der Waals surface area (Å²) in [5.74, 6) is 0.784. The third-order valence-electron chi connectivity index (χ3n) is 2.90. The molecule has 1 saturated carbocycles. The molecule has 1 heterocycles. The lowest BCUT2D eigenvalue weighted by molar-refractivity contribution is 0.562.